The molecule has 2 heteroatoms. The van der Waals surface area contributed by atoms with E-state index in [1.807, 2.05) is 0 Å². The van der Waals surface area contributed by atoms with E-state index < -0.39 is 0 Å². The van der Waals surface area contributed by atoms with Gasteiger partial charge in [0.1, 0.15) is 6.10 Å². The van der Waals surface area contributed by atoms with Crippen molar-refractivity contribution in [2.24, 2.45) is 23.2 Å². The molecule has 0 radical (unpaired) electrons. The molecule has 3 fully saturated rings. The summed E-state index contributed by atoms with van der Waals surface area (Å²) in [6, 6.07) is 0. The highest BCUT2D eigenvalue weighted by atomic mass is 16.6. The van der Waals surface area contributed by atoms with Crippen LogP contribution in [0.15, 0.2) is 12.2 Å². The predicted molar refractivity (Wildman–Crippen MR) is 66.4 cm³/mol. The van der Waals surface area contributed by atoms with Crippen LogP contribution >= 0.6 is 0 Å². The first-order valence-corrected chi connectivity index (χ1v) is 6.93. The van der Waals surface area contributed by atoms with Crippen molar-refractivity contribution in [3.05, 3.63) is 12.2 Å². The van der Waals surface area contributed by atoms with E-state index in [1.165, 1.54) is 25.7 Å². The fourth-order valence-electron chi connectivity index (χ4n) is 4.65. The first-order chi connectivity index (χ1) is 8.03. The number of ether oxygens (including phenoxy) is 1. The lowest BCUT2D eigenvalue weighted by Gasteiger charge is -2.52. The molecule has 0 aromatic rings. The Morgan fingerprint density at radius 1 is 1.35 bits per heavy atom. The molecule has 1 heterocycles. The summed E-state index contributed by atoms with van der Waals surface area (Å²) in [4.78, 5) is 11.7. The monoisotopic (exact) mass is 234 g/mol. The van der Waals surface area contributed by atoms with Gasteiger partial charge in [-0.1, -0.05) is 33.3 Å². The second-order valence-electron chi connectivity index (χ2n) is 6.59. The minimum absolute atomic E-state index is 0.129. The fourth-order valence-corrected chi connectivity index (χ4v) is 4.65. The zero-order valence-electron chi connectivity index (χ0n) is 10.9. The lowest BCUT2D eigenvalue weighted by atomic mass is 9.54. The smallest absolute Gasteiger partial charge is 0.334 e. The number of rotatable bonds is 0. The molecule has 1 saturated heterocycles. The minimum Gasteiger partial charge on any atom is -0.458 e. The van der Waals surface area contributed by atoms with Gasteiger partial charge in [0.15, 0.2) is 0 Å². The summed E-state index contributed by atoms with van der Waals surface area (Å²) < 4.78 is 5.64. The third-order valence-corrected chi connectivity index (χ3v) is 5.56. The molecule has 3 aliphatic rings. The molecule has 0 bridgehead atoms. The van der Waals surface area contributed by atoms with Gasteiger partial charge in [0, 0.05) is 17.4 Å². The van der Waals surface area contributed by atoms with Crippen molar-refractivity contribution in [1.29, 1.82) is 0 Å². The summed E-state index contributed by atoms with van der Waals surface area (Å²) >= 11 is 0. The Morgan fingerprint density at radius 3 is 2.88 bits per heavy atom. The van der Waals surface area contributed by atoms with E-state index in [4.69, 9.17) is 4.74 Å². The maximum atomic E-state index is 11.7. The first kappa shape index (κ1) is 11.3. The predicted octanol–water partition coefficient (Wildman–Crippen LogP) is 3.32. The maximum Gasteiger partial charge on any atom is 0.334 e. The number of esters is 1. The van der Waals surface area contributed by atoms with Crippen molar-refractivity contribution < 1.29 is 9.53 Å². The van der Waals surface area contributed by atoms with Crippen molar-refractivity contribution >= 4 is 5.97 Å². The van der Waals surface area contributed by atoms with Gasteiger partial charge in [-0.25, -0.2) is 4.79 Å². The summed E-state index contributed by atoms with van der Waals surface area (Å²) in [6.07, 6.45) is 6.38. The van der Waals surface area contributed by atoms with Crippen molar-refractivity contribution in [3.63, 3.8) is 0 Å². The van der Waals surface area contributed by atoms with Crippen molar-refractivity contribution in [2.75, 3.05) is 0 Å². The van der Waals surface area contributed by atoms with Crippen LogP contribution in [0.25, 0.3) is 0 Å². The van der Waals surface area contributed by atoms with E-state index in [0.29, 0.717) is 23.2 Å². The van der Waals surface area contributed by atoms with Crippen LogP contribution in [0.2, 0.25) is 0 Å². The molecule has 94 valence electrons. The van der Waals surface area contributed by atoms with Crippen LogP contribution in [0, 0.1) is 23.2 Å². The van der Waals surface area contributed by atoms with Gasteiger partial charge in [0.05, 0.1) is 0 Å². The Kier molecular flexibility index (Phi) is 2.39. The van der Waals surface area contributed by atoms with E-state index >= 15 is 0 Å². The SMILES string of the molecule is C=C1C(=O)OC2C1CC[C@@]1(C)CCCC(C)C21. The molecule has 4 unspecified atom stereocenters. The lowest BCUT2D eigenvalue weighted by molar-refractivity contribution is -0.151. The van der Waals surface area contributed by atoms with Gasteiger partial charge in [-0.15, -0.1) is 0 Å². The molecule has 3 rings (SSSR count). The normalized spacial score (nSPS) is 49.5. The second-order valence-corrected chi connectivity index (χ2v) is 6.59. The molecule has 2 saturated carbocycles. The van der Waals surface area contributed by atoms with Gasteiger partial charge in [0.2, 0.25) is 0 Å². The van der Waals surface area contributed by atoms with Crippen LogP contribution in [0.4, 0.5) is 0 Å². The molecule has 17 heavy (non-hydrogen) atoms. The average Bonchev–Trinajstić information content (AvgIpc) is 2.54. The highest BCUT2D eigenvalue weighted by Crippen LogP contribution is 2.57. The molecular formula is C15H22O2. The van der Waals surface area contributed by atoms with Gasteiger partial charge in [-0.05, 0) is 30.6 Å². The third-order valence-electron chi connectivity index (χ3n) is 5.56. The first-order valence-electron chi connectivity index (χ1n) is 6.93. The Balaban J connectivity index is 1.95. The topological polar surface area (TPSA) is 26.3 Å². The van der Waals surface area contributed by atoms with E-state index in [1.54, 1.807) is 0 Å². The van der Waals surface area contributed by atoms with Gasteiger partial charge in [-0.3, -0.25) is 0 Å². The standard InChI is InChI=1S/C15H22O2/c1-9-5-4-7-15(3)8-6-11-10(2)14(16)17-13(11)12(9)15/h9,11-13H,2,4-8H2,1,3H3/t9?,11?,12?,13?,15-/m1/s1. The quantitative estimate of drug-likeness (QED) is 0.475. The molecule has 5 atom stereocenters. The highest BCUT2D eigenvalue weighted by Gasteiger charge is 2.55. The third kappa shape index (κ3) is 1.49. The van der Waals surface area contributed by atoms with E-state index in [-0.39, 0.29) is 12.1 Å². The second kappa shape index (κ2) is 3.60. The molecule has 0 spiro atoms. The Bertz CT molecular complexity index is 373. The summed E-state index contributed by atoms with van der Waals surface area (Å²) in [7, 11) is 0. The Labute approximate surface area is 103 Å². The lowest BCUT2D eigenvalue weighted by Crippen LogP contribution is -2.49. The molecule has 2 aliphatic carbocycles. The van der Waals surface area contributed by atoms with Crippen LogP contribution in [0.5, 0.6) is 0 Å². The molecule has 0 N–H and O–H groups in total. The fraction of sp³-hybridized carbons (Fsp3) is 0.800. The average molecular weight is 234 g/mol. The molecule has 2 nitrogen and oxygen atoms in total. The van der Waals surface area contributed by atoms with E-state index in [9.17, 15) is 4.79 Å². The largest absolute Gasteiger partial charge is 0.458 e. The number of hydrogen-bond donors (Lipinski definition) is 0. The van der Waals surface area contributed by atoms with Gasteiger partial charge in [0.25, 0.3) is 0 Å². The zero-order chi connectivity index (χ0) is 12.2. The van der Waals surface area contributed by atoms with Crippen LogP contribution in [0.3, 0.4) is 0 Å². The Hall–Kier alpha value is -0.790. The molecule has 1 aliphatic heterocycles. The van der Waals surface area contributed by atoms with Gasteiger partial charge >= 0.3 is 5.97 Å². The summed E-state index contributed by atoms with van der Waals surface area (Å²) in [5, 5.41) is 0. The number of fused-ring (bicyclic) bond motifs is 3. The van der Waals surface area contributed by atoms with E-state index in [0.717, 1.165) is 12.0 Å². The molecule has 0 amide bonds. The molecular weight excluding hydrogens is 212 g/mol. The summed E-state index contributed by atoms with van der Waals surface area (Å²) in [6.45, 7) is 8.66. The van der Waals surface area contributed by atoms with Gasteiger partial charge < -0.3 is 4.74 Å². The Morgan fingerprint density at radius 2 is 2.12 bits per heavy atom. The van der Waals surface area contributed by atoms with Crippen LogP contribution < -0.4 is 0 Å². The minimum atomic E-state index is -0.137. The number of carbonyl (C=O) groups is 1. The van der Waals surface area contributed by atoms with Crippen LogP contribution in [0.1, 0.15) is 46.0 Å². The molecule has 0 aromatic carbocycles. The van der Waals surface area contributed by atoms with Gasteiger partial charge in [-0.2, -0.15) is 0 Å². The van der Waals surface area contributed by atoms with E-state index in [2.05, 4.69) is 20.4 Å². The zero-order valence-corrected chi connectivity index (χ0v) is 10.9. The van der Waals surface area contributed by atoms with Crippen LogP contribution in [-0.4, -0.2) is 12.1 Å². The summed E-state index contributed by atoms with van der Waals surface area (Å²) in [5.74, 6) is 1.40. The highest BCUT2D eigenvalue weighted by molar-refractivity contribution is 5.90. The maximum absolute atomic E-state index is 11.7. The van der Waals surface area contributed by atoms with Crippen molar-refractivity contribution in [3.8, 4) is 0 Å². The molecule has 0 aromatic heterocycles. The number of hydrogen-bond acceptors (Lipinski definition) is 2. The van der Waals surface area contributed by atoms with Crippen molar-refractivity contribution in [1.82, 2.24) is 0 Å². The number of carbonyl (C=O) groups excluding carboxylic acids is 1. The summed E-state index contributed by atoms with van der Waals surface area (Å²) in [5.41, 5.74) is 1.12. The van der Waals surface area contributed by atoms with Crippen LogP contribution in [-0.2, 0) is 9.53 Å². The van der Waals surface area contributed by atoms with Crippen molar-refractivity contribution in [2.45, 2.75) is 52.1 Å².